The molecule has 0 aliphatic heterocycles. The third-order valence-electron chi connectivity index (χ3n) is 1.83. The second-order valence-corrected chi connectivity index (χ2v) is 3.74. The lowest BCUT2D eigenvalue weighted by Gasteiger charge is -2.15. The average molecular weight is 251 g/mol. The van der Waals surface area contributed by atoms with Crippen molar-refractivity contribution in [2.45, 2.75) is 12.2 Å². The maximum absolute atomic E-state index is 10.4. The van der Waals surface area contributed by atoms with E-state index in [1.54, 1.807) is 0 Å². The second-order valence-electron chi connectivity index (χ2n) is 2.89. The van der Waals surface area contributed by atoms with Crippen LogP contribution >= 0.6 is 23.2 Å². The monoisotopic (exact) mass is 250 g/mol. The topological polar surface area (TPSA) is 77.8 Å². The van der Waals surface area contributed by atoms with Gasteiger partial charge in [0.1, 0.15) is 6.10 Å². The number of aliphatic hydroxyl groups is 2. The van der Waals surface area contributed by atoms with Crippen LogP contribution in [0.3, 0.4) is 0 Å². The van der Waals surface area contributed by atoms with Crippen molar-refractivity contribution in [1.82, 2.24) is 0 Å². The number of aliphatic carboxylic acids is 1. The van der Waals surface area contributed by atoms with Gasteiger partial charge in [-0.15, -0.1) is 0 Å². The van der Waals surface area contributed by atoms with E-state index in [9.17, 15) is 9.90 Å². The van der Waals surface area contributed by atoms with Crippen LogP contribution in [0.25, 0.3) is 0 Å². The Hall–Kier alpha value is -0.810. The SMILES string of the molecule is O=C(O)C(O)C(O)c1cc(Cl)ccc1Cl. The summed E-state index contributed by atoms with van der Waals surface area (Å²) < 4.78 is 0. The molecule has 4 nitrogen and oxygen atoms in total. The van der Waals surface area contributed by atoms with Gasteiger partial charge in [0.15, 0.2) is 6.10 Å². The number of hydrogen-bond donors (Lipinski definition) is 3. The molecule has 1 aromatic carbocycles. The molecule has 0 aromatic heterocycles. The molecule has 0 bridgehead atoms. The van der Waals surface area contributed by atoms with Crippen molar-refractivity contribution < 1.29 is 20.1 Å². The molecule has 0 amide bonds. The van der Waals surface area contributed by atoms with Crippen molar-refractivity contribution in [3.8, 4) is 0 Å². The second kappa shape index (κ2) is 4.81. The van der Waals surface area contributed by atoms with Crippen LogP contribution in [0.4, 0.5) is 0 Å². The molecule has 3 N–H and O–H groups in total. The fourth-order valence-electron chi connectivity index (χ4n) is 1.05. The number of hydrogen-bond acceptors (Lipinski definition) is 3. The molecule has 15 heavy (non-hydrogen) atoms. The molecule has 2 atom stereocenters. The highest BCUT2D eigenvalue weighted by Crippen LogP contribution is 2.28. The van der Waals surface area contributed by atoms with Gasteiger partial charge < -0.3 is 15.3 Å². The Balaban J connectivity index is 3.04. The first-order valence-corrected chi connectivity index (χ1v) is 4.73. The number of aliphatic hydroxyl groups excluding tert-OH is 2. The molecule has 82 valence electrons. The van der Waals surface area contributed by atoms with Crippen LogP contribution in [-0.2, 0) is 4.79 Å². The van der Waals surface area contributed by atoms with Crippen LogP contribution in [-0.4, -0.2) is 27.4 Å². The van der Waals surface area contributed by atoms with Gasteiger partial charge in [-0.1, -0.05) is 23.2 Å². The molecule has 0 saturated carbocycles. The smallest absolute Gasteiger partial charge is 0.335 e. The van der Waals surface area contributed by atoms with E-state index in [4.69, 9.17) is 33.4 Å². The number of halogens is 2. The molecule has 0 spiro atoms. The maximum atomic E-state index is 10.4. The molecular weight excluding hydrogens is 243 g/mol. The van der Waals surface area contributed by atoms with Gasteiger partial charge in [0, 0.05) is 15.6 Å². The van der Waals surface area contributed by atoms with Crippen molar-refractivity contribution in [1.29, 1.82) is 0 Å². The van der Waals surface area contributed by atoms with Crippen LogP contribution in [0.15, 0.2) is 18.2 Å². The summed E-state index contributed by atoms with van der Waals surface area (Å²) in [4.78, 5) is 10.4. The zero-order valence-corrected chi connectivity index (χ0v) is 8.90. The normalized spacial score (nSPS) is 14.7. The Morgan fingerprint density at radius 3 is 2.40 bits per heavy atom. The molecule has 0 aliphatic carbocycles. The van der Waals surface area contributed by atoms with Crippen molar-refractivity contribution in [3.05, 3.63) is 33.8 Å². The summed E-state index contributed by atoms with van der Waals surface area (Å²) in [6.45, 7) is 0. The van der Waals surface area contributed by atoms with Gasteiger partial charge in [0.25, 0.3) is 0 Å². The highest BCUT2D eigenvalue weighted by atomic mass is 35.5. The lowest BCUT2D eigenvalue weighted by molar-refractivity contribution is -0.153. The van der Waals surface area contributed by atoms with Gasteiger partial charge in [-0.25, -0.2) is 4.79 Å². The van der Waals surface area contributed by atoms with E-state index in [-0.39, 0.29) is 10.6 Å². The van der Waals surface area contributed by atoms with E-state index in [0.29, 0.717) is 5.02 Å². The van der Waals surface area contributed by atoms with E-state index >= 15 is 0 Å². The minimum absolute atomic E-state index is 0.0825. The maximum Gasteiger partial charge on any atom is 0.335 e. The van der Waals surface area contributed by atoms with Crippen LogP contribution in [0.2, 0.25) is 10.0 Å². The number of carboxylic acid groups (broad SMARTS) is 1. The Morgan fingerprint density at radius 1 is 1.27 bits per heavy atom. The lowest BCUT2D eigenvalue weighted by atomic mass is 10.0. The quantitative estimate of drug-likeness (QED) is 0.760. The molecule has 0 saturated heterocycles. The minimum atomic E-state index is -1.93. The van der Waals surface area contributed by atoms with Gasteiger partial charge in [-0.3, -0.25) is 0 Å². The largest absolute Gasteiger partial charge is 0.479 e. The Morgan fingerprint density at radius 2 is 1.87 bits per heavy atom. The number of carbonyl (C=O) groups is 1. The van der Waals surface area contributed by atoms with Crippen molar-refractivity contribution in [2.24, 2.45) is 0 Å². The summed E-state index contributed by atoms with van der Waals surface area (Å²) in [5, 5.41) is 27.5. The molecule has 1 rings (SSSR count). The molecule has 1 aromatic rings. The highest BCUT2D eigenvalue weighted by Gasteiger charge is 2.26. The van der Waals surface area contributed by atoms with Crippen LogP contribution in [0, 0.1) is 0 Å². The van der Waals surface area contributed by atoms with Gasteiger partial charge in [-0.05, 0) is 18.2 Å². The molecule has 2 unspecified atom stereocenters. The first-order chi connectivity index (χ1) is 6.93. The summed E-state index contributed by atoms with van der Waals surface area (Å²) in [5.41, 5.74) is 0.0825. The zero-order valence-electron chi connectivity index (χ0n) is 7.39. The summed E-state index contributed by atoms with van der Waals surface area (Å²) >= 11 is 11.4. The summed E-state index contributed by atoms with van der Waals surface area (Å²) in [6, 6.07) is 4.21. The summed E-state index contributed by atoms with van der Waals surface area (Å²) in [5.74, 6) is -1.53. The van der Waals surface area contributed by atoms with Gasteiger partial charge in [-0.2, -0.15) is 0 Å². The van der Waals surface area contributed by atoms with Crippen LogP contribution in [0.5, 0.6) is 0 Å². The standard InChI is InChI=1S/C9H8Cl2O4/c10-4-1-2-6(11)5(3-4)7(12)8(13)9(14)15/h1-3,7-8,12-13H,(H,14,15). The first kappa shape index (κ1) is 12.3. The first-order valence-electron chi connectivity index (χ1n) is 3.97. The number of benzene rings is 1. The van der Waals surface area contributed by atoms with Crippen molar-refractivity contribution in [3.63, 3.8) is 0 Å². The van der Waals surface area contributed by atoms with E-state index in [1.165, 1.54) is 18.2 Å². The number of carboxylic acids is 1. The predicted molar refractivity (Wildman–Crippen MR) is 55.1 cm³/mol. The molecule has 0 radical (unpaired) electrons. The third kappa shape index (κ3) is 2.82. The minimum Gasteiger partial charge on any atom is -0.479 e. The van der Waals surface area contributed by atoms with E-state index < -0.39 is 18.2 Å². The fourth-order valence-corrected chi connectivity index (χ4v) is 1.46. The lowest BCUT2D eigenvalue weighted by Crippen LogP contribution is -2.27. The van der Waals surface area contributed by atoms with E-state index in [1.807, 2.05) is 0 Å². The highest BCUT2D eigenvalue weighted by molar-refractivity contribution is 6.33. The number of rotatable bonds is 3. The van der Waals surface area contributed by atoms with Gasteiger partial charge >= 0.3 is 5.97 Å². The molecule has 0 heterocycles. The Labute approximate surface area is 95.7 Å². The summed E-state index contributed by atoms with van der Waals surface area (Å²) in [7, 11) is 0. The zero-order chi connectivity index (χ0) is 11.6. The Bertz CT molecular complexity index is 380. The van der Waals surface area contributed by atoms with Crippen LogP contribution < -0.4 is 0 Å². The Kier molecular flexibility index (Phi) is 3.93. The van der Waals surface area contributed by atoms with Gasteiger partial charge in [0.05, 0.1) is 0 Å². The molecular formula is C9H8Cl2O4. The van der Waals surface area contributed by atoms with Crippen molar-refractivity contribution >= 4 is 29.2 Å². The predicted octanol–water partition coefficient (Wildman–Crippen LogP) is 1.47. The average Bonchev–Trinajstić information content (AvgIpc) is 2.19. The molecule has 6 heteroatoms. The van der Waals surface area contributed by atoms with Crippen molar-refractivity contribution in [2.75, 3.05) is 0 Å². The van der Waals surface area contributed by atoms with E-state index in [0.717, 1.165) is 0 Å². The van der Waals surface area contributed by atoms with E-state index in [2.05, 4.69) is 0 Å². The molecule has 0 aliphatic rings. The molecule has 0 fully saturated rings. The third-order valence-corrected chi connectivity index (χ3v) is 2.41. The van der Waals surface area contributed by atoms with Crippen LogP contribution in [0.1, 0.15) is 11.7 Å². The summed E-state index contributed by atoms with van der Waals surface area (Å²) in [6.07, 6.45) is -3.53. The fraction of sp³-hybridized carbons (Fsp3) is 0.222. The van der Waals surface area contributed by atoms with Gasteiger partial charge in [0.2, 0.25) is 0 Å².